The molecule has 3 unspecified atom stereocenters. The molecule has 108 valence electrons. The van der Waals surface area contributed by atoms with Crippen molar-refractivity contribution in [1.29, 1.82) is 0 Å². The summed E-state index contributed by atoms with van der Waals surface area (Å²) in [7, 11) is 0. The van der Waals surface area contributed by atoms with Gasteiger partial charge in [-0.2, -0.15) is 0 Å². The fourth-order valence-corrected chi connectivity index (χ4v) is 3.19. The maximum absolute atomic E-state index is 11.9. The quantitative estimate of drug-likeness (QED) is 0.818. The van der Waals surface area contributed by atoms with Crippen LogP contribution in [-0.4, -0.2) is 55.0 Å². The first-order valence-electron chi connectivity index (χ1n) is 7.26. The number of nitrogens with zero attached hydrogens (tertiary/aromatic N) is 1. The Morgan fingerprint density at radius 1 is 1.32 bits per heavy atom. The topological polar surface area (TPSA) is 50.8 Å². The van der Waals surface area contributed by atoms with Gasteiger partial charge in [-0.3, -0.25) is 0 Å². The van der Waals surface area contributed by atoms with Crippen LogP contribution in [0.1, 0.15) is 27.2 Å². The van der Waals surface area contributed by atoms with Crippen LogP contribution in [0.15, 0.2) is 0 Å². The molecule has 0 radical (unpaired) electrons. The molecule has 0 aromatic carbocycles. The number of amides is 1. The highest BCUT2D eigenvalue weighted by Gasteiger charge is 2.57. The largest absolute Gasteiger partial charge is 0.444 e. The van der Waals surface area contributed by atoms with Gasteiger partial charge in [-0.25, -0.2) is 4.79 Å². The molecule has 1 aliphatic carbocycles. The lowest BCUT2D eigenvalue weighted by Crippen LogP contribution is -2.41. The van der Waals surface area contributed by atoms with Crippen LogP contribution in [0.25, 0.3) is 0 Å². The van der Waals surface area contributed by atoms with E-state index in [1.54, 1.807) is 0 Å². The van der Waals surface area contributed by atoms with E-state index >= 15 is 0 Å². The van der Waals surface area contributed by atoms with Gasteiger partial charge in [0.1, 0.15) is 5.60 Å². The molecule has 0 aromatic rings. The van der Waals surface area contributed by atoms with E-state index in [0.29, 0.717) is 23.9 Å². The average molecular weight is 268 g/mol. The van der Waals surface area contributed by atoms with Gasteiger partial charge in [0.25, 0.3) is 0 Å². The van der Waals surface area contributed by atoms with Crippen molar-refractivity contribution in [3.63, 3.8) is 0 Å². The second-order valence-corrected chi connectivity index (χ2v) is 6.97. The van der Waals surface area contributed by atoms with E-state index in [2.05, 4.69) is 5.32 Å². The minimum Gasteiger partial charge on any atom is -0.444 e. The summed E-state index contributed by atoms with van der Waals surface area (Å²) in [6.45, 7) is 9.12. The minimum absolute atomic E-state index is 0.164. The SMILES string of the molecule is CC(C)(C)OC(=O)N1CC2C(C1)C2NC1CCOC1. The van der Waals surface area contributed by atoms with Gasteiger partial charge in [-0.1, -0.05) is 0 Å². The van der Waals surface area contributed by atoms with Gasteiger partial charge in [0.05, 0.1) is 6.61 Å². The number of carbonyl (C=O) groups is 1. The first kappa shape index (κ1) is 13.2. The lowest BCUT2D eigenvalue weighted by molar-refractivity contribution is 0.0268. The Bertz CT molecular complexity index is 348. The van der Waals surface area contributed by atoms with Crippen LogP contribution in [0.4, 0.5) is 4.79 Å². The Morgan fingerprint density at radius 2 is 2.00 bits per heavy atom. The van der Waals surface area contributed by atoms with Gasteiger partial charge >= 0.3 is 6.09 Å². The van der Waals surface area contributed by atoms with Crippen molar-refractivity contribution >= 4 is 6.09 Å². The molecule has 2 heterocycles. The summed E-state index contributed by atoms with van der Waals surface area (Å²) in [5.41, 5.74) is -0.400. The van der Waals surface area contributed by atoms with Crippen molar-refractivity contribution in [3.05, 3.63) is 0 Å². The predicted molar refractivity (Wildman–Crippen MR) is 70.9 cm³/mol. The van der Waals surface area contributed by atoms with Crippen molar-refractivity contribution in [2.24, 2.45) is 11.8 Å². The second kappa shape index (κ2) is 4.63. The third-order valence-corrected chi connectivity index (χ3v) is 4.20. The maximum atomic E-state index is 11.9. The predicted octanol–water partition coefficient (Wildman–Crippen LogP) is 1.23. The fraction of sp³-hybridized carbons (Fsp3) is 0.929. The van der Waals surface area contributed by atoms with E-state index in [0.717, 1.165) is 32.7 Å². The van der Waals surface area contributed by atoms with Gasteiger partial charge in [0, 0.05) is 31.8 Å². The molecule has 0 bridgehead atoms. The van der Waals surface area contributed by atoms with E-state index in [9.17, 15) is 4.79 Å². The van der Waals surface area contributed by atoms with Crippen LogP contribution in [0.2, 0.25) is 0 Å². The monoisotopic (exact) mass is 268 g/mol. The highest BCUT2D eigenvalue weighted by Crippen LogP contribution is 2.46. The van der Waals surface area contributed by atoms with Crippen molar-refractivity contribution < 1.29 is 14.3 Å². The van der Waals surface area contributed by atoms with Crippen molar-refractivity contribution in [2.45, 2.75) is 44.9 Å². The Kier molecular flexibility index (Phi) is 3.21. The lowest BCUT2D eigenvalue weighted by atomic mass is 10.2. The molecule has 5 heteroatoms. The molecular formula is C14H24N2O3. The molecule has 2 aliphatic heterocycles. The summed E-state index contributed by atoms with van der Waals surface area (Å²) >= 11 is 0. The summed E-state index contributed by atoms with van der Waals surface area (Å²) in [5.74, 6) is 1.24. The third-order valence-electron chi connectivity index (χ3n) is 4.20. The third kappa shape index (κ3) is 2.87. The average Bonchev–Trinajstić information content (AvgIpc) is 2.75. The standard InChI is InChI=1S/C14H24N2O3/c1-14(2,3)19-13(17)16-6-10-11(7-16)12(10)15-9-4-5-18-8-9/h9-12,15H,4-8H2,1-3H3. The summed E-state index contributed by atoms with van der Waals surface area (Å²) in [4.78, 5) is 13.8. The first-order valence-corrected chi connectivity index (χ1v) is 7.26. The van der Waals surface area contributed by atoms with Gasteiger partial charge < -0.3 is 19.7 Å². The van der Waals surface area contributed by atoms with E-state index in [1.165, 1.54) is 0 Å². The number of hydrogen-bond acceptors (Lipinski definition) is 4. The van der Waals surface area contributed by atoms with E-state index in [1.807, 2.05) is 25.7 Å². The van der Waals surface area contributed by atoms with Crippen molar-refractivity contribution in [1.82, 2.24) is 10.2 Å². The Hall–Kier alpha value is -0.810. The van der Waals surface area contributed by atoms with Gasteiger partial charge in [-0.15, -0.1) is 0 Å². The van der Waals surface area contributed by atoms with Crippen molar-refractivity contribution in [2.75, 3.05) is 26.3 Å². The zero-order valence-corrected chi connectivity index (χ0v) is 12.0. The molecule has 0 aromatic heterocycles. The van der Waals surface area contributed by atoms with Gasteiger partial charge in [-0.05, 0) is 39.0 Å². The molecule has 1 amide bonds. The molecule has 19 heavy (non-hydrogen) atoms. The van der Waals surface area contributed by atoms with Crippen LogP contribution >= 0.6 is 0 Å². The summed E-state index contributed by atoms with van der Waals surface area (Å²) < 4.78 is 10.8. The second-order valence-electron chi connectivity index (χ2n) is 6.97. The number of hydrogen-bond donors (Lipinski definition) is 1. The molecule has 1 saturated carbocycles. The number of ether oxygens (including phenoxy) is 2. The Balaban J connectivity index is 1.43. The fourth-order valence-electron chi connectivity index (χ4n) is 3.19. The number of piperidine rings is 1. The zero-order valence-electron chi connectivity index (χ0n) is 12.0. The molecule has 3 rings (SSSR count). The molecular weight excluding hydrogens is 244 g/mol. The molecule has 3 fully saturated rings. The van der Waals surface area contributed by atoms with Crippen LogP contribution in [0, 0.1) is 11.8 Å². The number of likely N-dealkylation sites (tertiary alicyclic amines) is 1. The van der Waals surface area contributed by atoms with Crippen LogP contribution in [-0.2, 0) is 9.47 Å². The van der Waals surface area contributed by atoms with E-state index in [-0.39, 0.29) is 6.09 Å². The maximum Gasteiger partial charge on any atom is 0.410 e. The molecule has 3 aliphatic rings. The van der Waals surface area contributed by atoms with Gasteiger partial charge in [0.15, 0.2) is 0 Å². The number of fused-ring (bicyclic) bond motifs is 1. The normalized spacial score (nSPS) is 37.3. The van der Waals surface area contributed by atoms with E-state index < -0.39 is 5.60 Å². The van der Waals surface area contributed by atoms with Crippen LogP contribution in [0.5, 0.6) is 0 Å². The molecule has 2 saturated heterocycles. The first-order chi connectivity index (χ1) is 8.94. The summed E-state index contributed by atoms with van der Waals surface area (Å²) in [6.07, 6.45) is 0.953. The smallest absolute Gasteiger partial charge is 0.410 e. The molecule has 1 N–H and O–H groups in total. The summed E-state index contributed by atoms with van der Waals surface area (Å²) in [5, 5.41) is 3.66. The summed E-state index contributed by atoms with van der Waals surface area (Å²) in [6, 6.07) is 1.11. The van der Waals surface area contributed by atoms with Crippen molar-refractivity contribution in [3.8, 4) is 0 Å². The highest BCUT2D eigenvalue weighted by molar-refractivity contribution is 5.69. The number of rotatable bonds is 2. The van der Waals surface area contributed by atoms with E-state index in [4.69, 9.17) is 9.47 Å². The zero-order chi connectivity index (χ0) is 13.6. The Morgan fingerprint density at radius 3 is 2.53 bits per heavy atom. The molecule has 5 nitrogen and oxygen atoms in total. The molecule has 3 atom stereocenters. The number of nitrogens with one attached hydrogen (secondary N) is 1. The van der Waals surface area contributed by atoms with Gasteiger partial charge in [0.2, 0.25) is 0 Å². The van der Waals surface area contributed by atoms with Crippen LogP contribution in [0.3, 0.4) is 0 Å². The molecule has 0 spiro atoms. The number of carbonyl (C=O) groups excluding carboxylic acids is 1. The lowest BCUT2D eigenvalue weighted by Gasteiger charge is -2.26. The Labute approximate surface area is 114 Å². The highest BCUT2D eigenvalue weighted by atomic mass is 16.6. The van der Waals surface area contributed by atoms with Crippen LogP contribution < -0.4 is 5.32 Å². The minimum atomic E-state index is -0.400.